The van der Waals surface area contributed by atoms with Crippen LogP contribution in [0.5, 0.6) is 0 Å². The van der Waals surface area contributed by atoms with E-state index in [9.17, 15) is 9.59 Å². The van der Waals surface area contributed by atoms with Crippen LogP contribution < -0.4 is 5.32 Å². The van der Waals surface area contributed by atoms with Crippen LogP contribution in [0.4, 0.5) is 0 Å². The number of hydrogen-bond acceptors (Lipinski definition) is 3. The van der Waals surface area contributed by atoms with Crippen LogP contribution in [0.2, 0.25) is 0 Å². The molecule has 0 saturated carbocycles. The maximum absolute atomic E-state index is 12.8. The Labute approximate surface area is 136 Å². The summed E-state index contributed by atoms with van der Waals surface area (Å²) in [4.78, 5) is 27.3. The summed E-state index contributed by atoms with van der Waals surface area (Å²) in [6.45, 7) is 1.73. The Kier molecular flexibility index (Phi) is 4.53. The Morgan fingerprint density at radius 3 is 2.30 bits per heavy atom. The molecule has 1 unspecified atom stereocenters. The number of ketones is 1. The summed E-state index contributed by atoms with van der Waals surface area (Å²) in [7, 11) is 1.81. The Hall–Kier alpha value is -2.46. The van der Waals surface area contributed by atoms with Gasteiger partial charge in [0.15, 0.2) is 5.78 Å². The highest BCUT2D eigenvalue weighted by atomic mass is 16.2. The largest absolute Gasteiger partial charge is 0.337 e. The average molecular weight is 308 g/mol. The van der Waals surface area contributed by atoms with E-state index < -0.39 is 0 Å². The lowest BCUT2D eigenvalue weighted by atomic mass is 9.97. The van der Waals surface area contributed by atoms with Gasteiger partial charge in [0.05, 0.1) is 5.56 Å². The molecule has 1 heterocycles. The fourth-order valence-corrected chi connectivity index (χ4v) is 2.94. The predicted molar refractivity (Wildman–Crippen MR) is 89.7 cm³/mol. The molecule has 23 heavy (non-hydrogen) atoms. The molecule has 2 aromatic rings. The SMILES string of the molecule is CN(C(=O)c1ccccc1C(=O)c1ccccc1)C1CCNC1. The lowest BCUT2D eigenvalue weighted by Gasteiger charge is -2.24. The molecule has 1 fully saturated rings. The van der Waals surface area contributed by atoms with Gasteiger partial charge in [-0.1, -0.05) is 48.5 Å². The van der Waals surface area contributed by atoms with Crippen molar-refractivity contribution >= 4 is 11.7 Å². The molecule has 1 atom stereocenters. The molecule has 4 nitrogen and oxygen atoms in total. The van der Waals surface area contributed by atoms with E-state index in [1.54, 1.807) is 41.3 Å². The van der Waals surface area contributed by atoms with Crippen LogP contribution >= 0.6 is 0 Å². The molecule has 0 bridgehead atoms. The van der Waals surface area contributed by atoms with Crippen LogP contribution in [0.1, 0.15) is 32.7 Å². The fraction of sp³-hybridized carbons (Fsp3) is 0.263. The smallest absolute Gasteiger partial charge is 0.254 e. The van der Waals surface area contributed by atoms with Crippen LogP contribution in [0.3, 0.4) is 0 Å². The van der Waals surface area contributed by atoms with Crippen LogP contribution in [-0.4, -0.2) is 42.8 Å². The van der Waals surface area contributed by atoms with Crippen molar-refractivity contribution in [3.8, 4) is 0 Å². The second-order valence-corrected chi connectivity index (χ2v) is 5.80. The van der Waals surface area contributed by atoms with Crippen molar-refractivity contribution in [3.63, 3.8) is 0 Å². The molecule has 0 aliphatic carbocycles. The lowest BCUT2D eigenvalue weighted by Crippen LogP contribution is -2.39. The van der Waals surface area contributed by atoms with Gasteiger partial charge in [-0.05, 0) is 19.0 Å². The van der Waals surface area contributed by atoms with Gasteiger partial charge in [0.25, 0.3) is 5.91 Å². The van der Waals surface area contributed by atoms with E-state index in [1.165, 1.54) is 0 Å². The van der Waals surface area contributed by atoms with Gasteiger partial charge in [-0.3, -0.25) is 9.59 Å². The topological polar surface area (TPSA) is 49.4 Å². The quantitative estimate of drug-likeness (QED) is 0.882. The first-order valence-electron chi connectivity index (χ1n) is 7.85. The van der Waals surface area contributed by atoms with E-state index in [0.717, 1.165) is 19.5 Å². The van der Waals surface area contributed by atoms with Crippen LogP contribution in [0.15, 0.2) is 54.6 Å². The minimum Gasteiger partial charge on any atom is -0.337 e. The van der Waals surface area contributed by atoms with Gasteiger partial charge in [-0.15, -0.1) is 0 Å². The number of carbonyl (C=O) groups excluding carboxylic acids is 2. The monoisotopic (exact) mass is 308 g/mol. The van der Waals surface area contributed by atoms with Crippen LogP contribution in [0.25, 0.3) is 0 Å². The van der Waals surface area contributed by atoms with Gasteiger partial charge in [0, 0.05) is 30.8 Å². The minimum atomic E-state index is -0.118. The summed E-state index contributed by atoms with van der Waals surface area (Å²) >= 11 is 0. The number of likely N-dealkylation sites (N-methyl/N-ethyl adjacent to an activating group) is 1. The van der Waals surface area contributed by atoms with E-state index in [2.05, 4.69) is 5.32 Å². The van der Waals surface area contributed by atoms with E-state index in [4.69, 9.17) is 0 Å². The van der Waals surface area contributed by atoms with Gasteiger partial charge in [0.2, 0.25) is 0 Å². The molecule has 4 heteroatoms. The van der Waals surface area contributed by atoms with Crippen molar-refractivity contribution in [2.75, 3.05) is 20.1 Å². The first kappa shape index (κ1) is 15.4. The summed E-state index contributed by atoms with van der Waals surface area (Å²) in [5, 5.41) is 3.26. The summed E-state index contributed by atoms with van der Waals surface area (Å²) in [5.74, 6) is -0.217. The Balaban J connectivity index is 1.91. The van der Waals surface area contributed by atoms with Gasteiger partial charge in [0.1, 0.15) is 0 Å². The Bertz CT molecular complexity index is 706. The molecule has 1 amide bonds. The average Bonchev–Trinajstić information content (AvgIpc) is 3.15. The maximum atomic E-state index is 12.8. The van der Waals surface area contributed by atoms with Crippen molar-refractivity contribution in [1.82, 2.24) is 10.2 Å². The molecule has 118 valence electrons. The number of hydrogen-bond donors (Lipinski definition) is 1. The Morgan fingerprint density at radius 1 is 1.00 bits per heavy atom. The first-order valence-corrected chi connectivity index (χ1v) is 7.85. The maximum Gasteiger partial charge on any atom is 0.254 e. The van der Waals surface area contributed by atoms with Crippen molar-refractivity contribution in [2.24, 2.45) is 0 Å². The molecule has 3 rings (SSSR count). The Morgan fingerprint density at radius 2 is 1.65 bits per heavy atom. The third kappa shape index (κ3) is 3.17. The predicted octanol–water partition coefficient (Wildman–Crippen LogP) is 2.35. The summed E-state index contributed by atoms with van der Waals surface area (Å²) in [5.41, 5.74) is 1.52. The zero-order chi connectivity index (χ0) is 16.2. The normalized spacial score (nSPS) is 17.0. The highest BCUT2D eigenvalue weighted by Crippen LogP contribution is 2.18. The van der Waals surface area contributed by atoms with Crippen molar-refractivity contribution in [2.45, 2.75) is 12.5 Å². The van der Waals surface area contributed by atoms with Gasteiger partial charge < -0.3 is 10.2 Å². The van der Waals surface area contributed by atoms with Crippen molar-refractivity contribution in [1.29, 1.82) is 0 Å². The molecule has 0 radical (unpaired) electrons. The number of rotatable bonds is 4. The zero-order valence-corrected chi connectivity index (χ0v) is 13.2. The molecule has 1 aliphatic heterocycles. The van der Waals surface area contributed by atoms with Crippen LogP contribution in [-0.2, 0) is 0 Å². The van der Waals surface area contributed by atoms with E-state index in [1.807, 2.05) is 25.2 Å². The zero-order valence-electron chi connectivity index (χ0n) is 13.2. The highest BCUT2D eigenvalue weighted by molar-refractivity contribution is 6.15. The standard InChI is InChI=1S/C19H20N2O2/c1-21(15-11-12-20-13-15)19(23)17-10-6-5-9-16(17)18(22)14-7-3-2-4-8-14/h2-10,15,20H,11-13H2,1H3. The molecule has 1 aliphatic rings. The summed E-state index contributed by atoms with van der Waals surface area (Å²) in [6.07, 6.45) is 0.942. The molecule has 1 N–H and O–H groups in total. The third-order valence-corrected chi connectivity index (χ3v) is 4.34. The minimum absolute atomic E-state index is 0.0985. The molecular formula is C19H20N2O2. The second kappa shape index (κ2) is 6.75. The first-order chi connectivity index (χ1) is 11.2. The van der Waals surface area contributed by atoms with Crippen LogP contribution in [0, 0.1) is 0 Å². The van der Waals surface area contributed by atoms with Crippen molar-refractivity contribution in [3.05, 3.63) is 71.3 Å². The number of nitrogens with zero attached hydrogens (tertiary/aromatic N) is 1. The highest BCUT2D eigenvalue weighted by Gasteiger charge is 2.26. The molecule has 1 saturated heterocycles. The van der Waals surface area contributed by atoms with Gasteiger partial charge in [-0.25, -0.2) is 0 Å². The fourth-order valence-electron chi connectivity index (χ4n) is 2.94. The number of nitrogens with one attached hydrogen (secondary N) is 1. The molecular weight excluding hydrogens is 288 g/mol. The van der Waals surface area contributed by atoms with Gasteiger partial charge >= 0.3 is 0 Å². The number of amides is 1. The molecule has 0 spiro atoms. The lowest BCUT2D eigenvalue weighted by molar-refractivity contribution is 0.0739. The van der Waals surface area contributed by atoms with E-state index >= 15 is 0 Å². The third-order valence-electron chi connectivity index (χ3n) is 4.34. The van der Waals surface area contributed by atoms with Crippen molar-refractivity contribution < 1.29 is 9.59 Å². The van der Waals surface area contributed by atoms with E-state index in [0.29, 0.717) is 16.7 Å². The molecule has 2 aromatic carbocycles. The number of benzene rings is 2. The van der Waals surface area contributed by atoms with E-state index in [-0.39, 0.29) is 17.7 Å². The summed E-state index contributed by atoms with van der Waals surface area (Å²) in [6, 6.07) is 16.3. The molecule has 0 aromatic heterocycles. The number of carbonyl (C=O) groups is 2. The van der Waals surface area contributed by atoms with Gasteiger partial charge in [-0.2, -0.15) is 0 Å². The summed E-state index contributed by atoms with van der Waals surface area (Å²) < 4.78 is 0. The second-order valence-electron chi connectivity index (χ2n) is 5.80.